The maximum Gasteiger partial charge on any atom is 0.155 e. The molecular weight excluding hydrogens is 186 g/mol. The highest BCUT2D eigenvalue weighted by Gasteiger charge is 2.13. The maximum absolute atomic E-state index is 4.29. The molecule has 0 saturated carbocycles. The van der Waals surface area contributed by atoms with Crippen LogP contribution in [0, 0.1) is 12.3 Å². The van der Waals surface area contributed by atoms with Crippen LogP contribution in [0.25, 0.3) is 12.3 Å². The summed E-state index contributed by atoms with van der Waals surface area (Å²) in [5.74, 6) is 1.71. The van der Waals surface area contributed by atoms with Crippen LogP contribution < -0.4 is 0 Å². The Kier molecular flexibility index (Phi) is 3.45. The minimum absolute atomic E-state index is 0.0935. The summed E-state index contributed by atoms with van der Waals surface area (Å²) in [5.41, 5.74) is 0.0935. The number of fused-ring (bicyclic) bond motifs is 1. The molecule has 0 saturated heterocycles. The monoisotopic (exact) mass is 205 g/mol. The summed E-state index contributed by atoms with van der Waals surface area (Å²) in [5, 5.41) is 4.24. The average Bonchev–Trinajstić information content (AvgIpc) is 2.50. The number of aromatic nitrogens is 3. The highest BCUT2D eigenvalue weighted by Crippen LogP contribution is 2.23. The molecule has 1 aliphatic rings. The van der Waals surface area contributed by atoms with Gasteiger partial charge in [0.15, 0.2) is 5.82 Å². The minimum Gasteiger partial charge on any atom is -0.221 e. The summed E-state index contributed by atoms with van der Waals surface area (Å²) in [4.78, 5) is 4.29. The Labute approximate surface area is 91.5 Å². The Morgan fingerprint density at radius 2 is 1.87 bits per heavy atom. The molecule has 0 atom stereocenters. The SMILES string of the molecule is CC.Cc1nc2n(n1)C=CC(C)(C)C=C2. The van der Waals surface area contributed by atoms with Crippen LogP contribution in [0.4, 0.5) is 0 Å². The first-order valence-electron chi connectivity index (χ1n) is 5.39. The van der Waals surface area contributed by atoms with Gasteiger partial charge in [-0.05, 0) is 13.0 Å². The van der Waals surface area contributed by atoms with Crippen LogP contribution in [0.15, 0.2) is 12.2 Å². The van der Waals surface area contributed by atoms with Gasteiger partial charge in [-0.15, -0.1) is 0 Å². The molecule has 0 aliphatic carbocycles. The van der Waals surface area contributed by atoms with Gasteiger partial charge in [0, 0.05) is 11.6 Å². The third kappa shape index (κ3) is 2.78. The van der Waals surface area contributed by atoms with Crippen molar-refractivity contribution >= 4 is 12.3 Å². The fourth-order valence-corrected chi connectivity index (χ4v) is 1.28. The topological polar surface area (TPSA) is 30.7 Å². The van der Waals surface area contributed by atoms with Gasteiger partial charge < -0.3 is 0 Å². The lowest BCUT2D eigenvalue weighted by molar-refractivity contribution is 0.632. The Morgan fingerprint density at radius 1 is 1.20 bits per heavy atom. The van der Waals surface area contributed by atoms with E-state index in [4.69, 9.17) is 0 Å². The standard InChI is InChI=1S/C10H13N3.C2H6/c1-8-11-9-4-5-10(2,3)6-7-13(9)12-8;1-2/h4-7H,1-3H3;1-2H3. The summed E-state index contributed by atoms with van der Waals surface area (Å²) >= 11 is 0. The molecule has 2 heterocycles. The van der Waals surface area contributed by atoms with E-state index in [0.29, 0.717) is 0 Å². The summed E-state index contributed by atoms with van der Waals surface area (Å²) in [7, 11) is 0. The quantitative estimate of drug-likeness (QED) is 0.651. The molecule has 0 fully saturated rings. The third-order valence-corrected chi connectivity index (χ3v) is 2.07. The zero-order valence-corrected chi connectivity index (χ0v) is 10.2. The fraction of sp³-hybridized carbons (Fsp3) is 0.500. The predicted octanol–water partition coefficient (Wildman–Crippen LogP) is 3.14. The van der Waals surface area contributed by atoms with Crippen LogP contribution in [0.2, 0.25) is 0 Å². The molecule has 0 spiro atoms. The van der Waals surface area contributed by atoms with Gasteiger partial charge in [-0.3, -0.25) is 0 Å². The summed E-state index contributed by atoms with van der Waals surface area (Å²) in [6.45, 7) is 10.2. The van der Waals surface area contributed by atoms with E-state index >= 15 is 0 Å². The van der Waals surface area contributed by atoms with E-state index in [2.05, 4.69) is 36.1 Å². The molecule has 1 aromatic rings. The molecule has 1 aromatic heterocycles. The number of nitrogens with zero attached hydrogens (tertiary/aromatic N) is 3. The zero-order chi connectivity index (χ0) is 11.5. The van der Waals surface area contributed by atoms with Crippen molar-refractivity contribution in [3.8, 4) is 0 Å². The van der Waals surface area contributed by atoms with E-state index < -0.39 is 0 Å². The molecule has 0 N–H and O–H groups in total. The van der Waals surface area contributed by atoms with Crippen LogP contribution >= 0.6 is 0 Å². The van der Waals surface area contributed by atoms with Crippen LogP contribution in [0.5, 0.6) is 0 Å². The van der Waals surface area contributed by atoms with E-state index in [0.717, 1.165) is 11.6 Å². The lowest BCUT2D eigenvalue weighted by atomic mass is 9.93. The molecule has 15 heavy (non-hydrogen) atoms. The Morgan fingerprint density at radius 3 is 2.53 bits per heavy atom. The molecule has 2 rings (SSSR count). The number of aryl methyl sites for hydroxylation is 1. The van der Waals surface area contributed by atoms with Gasteiger partial charge in [0.2, 0.25) is 0 Å². The minimum atomic E-state index is 0.0935. The van der Waals surface area contributed by atoms with Crippen molar-refractivity contribution in [2.45, 2.75) is 34.6 Å². The van der Waals surface area contributed by atoms with E-state index in [1.165, 1.54) is 0 Å². The second-order valence-electron chi connectivity index (χ2n) is 3.93. The van der Waals surface area contributed by atoms with E-state index in [1.807, 2.05) is 33.0 Å². The molecule has 1 aliphatic heterocycles. The van der Waals surface area contributed by atoms with Crippen molar-refractivity contribution in [2.24, 2.45) is 5.41 Å². The first-order valence-corrected chi connectivity index (χ1v) is 5.39. The summed E-state index contributed by atoms with van der Waals surface area (Å²) < 4.78 is 1.81. The Bertz CT molecular complexity index is 350. The van der Waals surface area contributed by atoms with Crippen LogP contribution in [-0.2, 0) is 0 Å². The first kappa shape index (κ1) is 11.7. The predicted molar refractivity (Wildman–Crippen MR) is 64.3 cm³/mol. The first-order chi connectivity index (χ1) is 7.07. The normalized spacial score (nSPS) is 16.3. The van der Waals surface area contributed by atoms with Crippen molar-refractivity contribution in [2.75, 3.05) is 0 Å². The molecule has 0 amide bonds. The van der Waals surface area contributed by atoms with Crippen molar-refractivity contribution in [3.63, 3.8) is 0 Å². The lowest BCUT2D eigenvalue weighted by Gasteiger charge is -2.11. The Balaban J connectivity index is 0.000000531. The maximum atomic E-state index is 4.29. The molecular formula is C12H19N3. The molecule has 3 heteroatoms. The zero-order valence-electron chi connectivity index (χ0n) is 10.2. The van der Waals surface area contributed by atoms with Crippen molar-refractivity contribution in [1.29, 1.82) is 0 Å². The fourth-order valence-electron chi connectivity index (χ4n) is 1.28. The van der Waals surface area contributed by atoms with Crippen LogP contribution in [0.1, 0.15) is 39.3 Å². The van der Waals surface area contributed by atoms with Gasteiger partial charge in [-0.2, -0.15) is 5.10 Å². The third-order valence-electron chi connectivity index (χ3n) is 2.07. The van der Waals surface area contributed by atoms with Gasteiger partial charge in [0.05, 0.1) is 0 Å². The molecule has 0 unspecified atom stereocenters. The number of allylic oxidation sites excluding steroid dienone is 2. The van der Waals surface area contributed by atoms with Crippen molar-refractivity contribution < 1.29 is 0 Å². The molecule has 82 valence electrons. The highest BCUT2D eigenvalue weighted by molar-refractivity contribution is 5.49. The molecule has 0 aromatic carbocycles. The van der Waals surface area contributed by atoms with Gasteiger partial charge >= 0.3 is 0 Å². The average molecular weight is 205 g/mol. The van der Waals surface area contributed by atoms with Gasteiger partial charge in [0.1, 0.15) is 5.82 Å². The number of hydrogen-bond donors (Lipinski definition) is 0. The Hall–Kier alpha value is -1.38. The highest BCUT2D eigenvalue weighted by atomic mass is 15.3. The summed E-state index contributed by atoms with van der Waals surface area (Å²) in [6, 6.07) is 0. The van der Waals surface area contributed by atoms with E-state index in [-0.39, 0.29) is 5.41 Å². The molecule has 0 bridgehead atoms. The molecule has 3 nitrogen and oxygen atoms in total. The number of hydrogen-bond acceptors (Lipinski definition) is 2. The van der Waals surface area contributed by atoms with E-state index in [9.17, 15) is 0 Å². The van der Waals surface area contributed by atoms with E-state index in [1.54, 1.807) is 4.68 Å². The second kappa shape index (κ2) is 4.43. The number of rotatable bonds is 0. The van der Waals surface area contributed by atoms with Crippen LogP contribution in [0.3, 0.4) is 0 Å². The van der Waals surface area contributed by atoms with Gasteiger partial charge in [-0.25, -0.2) is 9.67 Å². The molecule has 0 radical (unpaired) electrons. The van der Waals surface area contributed by atoms with Crippen molar-refractivity contribution in [1.82, 2.24) is 14.8 Å². The second-order valence-corrected chi connectivity index (χ2v) is 3.93. The summed E-state index contributed by atoms with van der Waals surface area (Å²) in [6.07, 6.45) is 8.24. The van der Waals surface area contributed by atoms with Gasteiger partial charge in [-0.1, -0.05) is 39.8 Å². The lowest BCUT2D eigenvalue weighted by Crippen LogP contribution is -2.00. The van der Waals surface area contributed by atoms with Gasteiger partial charge in [0.25, 0.3) is 0 Å². The van der Waals surface area contributed by atoms with Crippen LogP contribution in [-0.4, -0.2) is 14.8 Å². The van der Waals surface area contributed by atoms with Crippen molar-refractivity contribution in [3.05, 3.63) is 23.8 Å². The smallest absolute Gasteiger partial charge is 0.155 e. The largest absolute Gasteiger partial charge is 0.221 e.